The first-order chi connectivity index (χ1) is 14.3. The van der Waals surface area contributed by atoms with Gasteiger partial charge in [-0.3, -0.25) is 0 Å². The number of ether oxygens (including phenoxy) is 1. The molecule has 0 saturated heterocycles. The van der Waals surface area contributed by atoms with Crippen LogP contribution in [0.4, 0.5) is 5.69 Å². The summed E-state index contributed by atoms with van der Waals surface area (Å²) in [5.41, 5.74) is 4.75. The molecule has 4 rings (SSSR count). The lowest BCUT2D eigenvalue weighted by Gasteiger charge is -2.34. The summed E-state index contributed by atoms with van der Waals surface area (Å²) in [7, 11) is 1.87. The van der Waals surface area contributed by atoms with E-state index in [2.05, 4.69) is 46.6 Å². The van der Waals surface area contributed by atoms with Crippen molar-refractivity contribution in [2.45, 2.75) is 25.2 Å². The van der Waals surface area contributed by atoms with Crippen LogP contribution < -0.4 is 15.0 Å². The van der Waals surface area contributed by atoms with Gasteiger partial charge in [0, 0.05) is 18.8 Å². The minimum atomic E-state index is -0.498. The van der Waals surface area contributed by atoms with Crippen LogP contribution >= 0.6 is 12.4 Å². The van der Waals surface area contributed by atoms with Gasteiger partial charge in [0.1, 0.15) is 12.4 Å². The Morgan fingerprint density at radius 2 is 1.70 bits per heavy atom. The van der Waals surface area contributed by atoms with Crippen LogP contribution in [0.25, 0.3) is 0 Å². The molecule has 0 saturated carbocycles. The summed E-state index contributed by atoms with van der Waals surface area (Å²) in [6.45, 7) is 2.00. The lowest BCUT2D eigenvalue weighted by atomic mass is 9.99. The van der Waals surface area contributed by atoms with Gasteiger partial charge in [-0.2, -0.15) is 0 Å². The van der Waals surface area contributed by atoms with E-state index in [-0.39, 0.29) is 18.4 Å². The van der Waals surface area contributed by atoms with Gasteiger partial charge in [-0.15, -0.1) is 12.4 Å². The highest BCUT2D eigenvalue weighted by molar-refractivity contribution is 5.85. The molecule has 0 radical (unpaired) electrons. The van der Waals surface area contributed by atoms with Gasteiger partial charge in [-0.25, -0.2) is 0 Å². The highest BCUT2D eigenvalue weighted by Crippen LogP contribution is 2.38. The topological polar surface area (TPSA) is 44.7 Å². The van der Waals surface area contributed by atoms with E-state index in [1.54, 1.807) is 0 Å². The monoisotopic (exact) mass is 424 g/mol. The predicted octanol–water partition coefficient (Wildman–Crippen LogP) is 4.37. The van der Waals surface area contributed by atoms with E-state index in [4.69, 9.17) is 4.74 Å². The number of likely N-dealkylation sites (N-methyl/N-ethyl adjacent to an activating group) is 1. The van der Waals surface area contributed by atoms with Crippen LogP contribution in [0.3, 0.4) is 0 Å². The molecule has 1 aliphatic rings. The van der Waals surface area contributed by atoms with Gasteiger partial charge >= 0.3 is 0 Å². The maximum Gasteiger partial charge on any atom is 0.120 e. The fourth-order valence-corrected chi connectivity index (χ4v) is 4.10. The summed E-state index contributed by atoms with van der Waals surface area (Å²) in [6.07, 6.45) is 0.454. The fourth-order valence-electron chi connectivity index (χ4n) is 4.10. The summed E-state index contributed by atoms with van der Waals surface area (Å²) < 4.78 is 6.01. The van der Waals surface area contributed by atoms with Crippen LogP contribution in [-0.2, 0) is 13.0 Å². The predicted molar refractivity (Wildman–Crippen MR) is 125 cm³/mol. The molecule has 0 amide bonds. The molecule has 1 heterocycles. The molecule has 2 atom stereocenters. The molecule has 0 aromatic heterocycles. The highest BCUT2D eigenvalue weighted by Gasteiger charge is 2.32. The SMILES string of the molecule is CNC[C@@H](O)[C@H](c1ccccc1)N1CCc2cc(OCc3ccccc3)ccc21.Cl. The first-order valence-electron chi connectivity index (χ1n) is 10.2. The summed E-state index contributed by atoms with van der Waals surface area (Å²) in [5.74, 6) is 0.890. The van der Waals surface area contributed by atoms with E-state index in [0.29, 0.717) is 13.2 Å². The average molecular weight is 425 g/mol. The number of hydrogen-bond acceptors (Lipinski definition) is 4. The Morgan fingerprint density at radius 3 is 2.40 bits per heavy atom. The molecule has 2 N–H and O–H groups in total. The summed E-state index contributed by atoms with van der Waals surface area (Å²) in [5, 5.41) is 14.0. The second kappa shape index (κ2) is 10.5. The number of benzene rings is 3. The van der Waals surface area contributed by atoms with E-state index in [0.717, 1.165) is 29.8 Å². The number of nitrogens with one attached hydrogen (secondary N) is 1. The Balaban J connectivity index is 0.00000256. The van der Waals surface area contributed by atoms with Crippen LogP contribution in [0, 0.1) is 0 Å². The van der Waals surface area contributed by atoms with Crippen molar-refractivity contribution in [3.8, 4) is 5.75 Å². The van der Waals surface area contributed by atoms with E-state index < -0.39 is 6.10 Å². The first kappa shape index (κ1) is 22.2. The summed E-state index contributed by atoms with van der Waals surface area (Å²) >= 11 is 0. The number of halogens is 1. The number of aliphatic hydroxyl groups excluding tert-OH is 1. The molecule has 0 bridgehead atoms. The number of anilines is 1. The molecule has 3 aromatic carbocycles. The molecule has 1 aliphatic heterocycles. The van der Waals surface area contributed by atoms with Crippen LogP contribution in [0.1, 0.15) is 22.7 Å². The van der Waals surface area contributed by atoms with Crippen molar-refractivity contribution in [2.24, 2.45) is 0 Å². The maximum atomic E-state index is 10.9. The second-order valence-corrected chi connectivity index (χ2v) is 7.49. The van der Waals surface area contributed by atoms with Gasteiger partial charge in [0.15, 0.2) is 0 Å². The number of rotatable bonds is 8. The van der Waals surface area contributed by atoms with E-state index in [9.17, 15) is 5.11 Å². The normalized spacial score (nSPS) is 14.5. The fraction of sp³-hybridized carbons (Fsp3) is 0.280. The van der Waals surface area contributed by atoms with Crippen molar-refractivity contribution in [1.82, 2.24) is 5.32 Å². The molecule has 4 nitrogen and oxygen atoms in total. The quantitative estimate of drug-likeness (QED) is 0.563. The number of aliphatic hydroxyl groups is 1. The third-order valence-corrected chi connectivity index (χ3v) is 5.49. The molecule has 0 aliphatic carbocycles. The zero-order valence-electron chi connectivity index (χ0n) is 17.2. The van der Waals surface area contributed by atoms with Crippen molar-refractivity contribution in [3.05, 3.63) is 95.6 Å². The molecular formula is C25H29ClN2O2. The number of nitrogens with zero attached hydrogens (tertiary/aromatic N) is 1. The first-order valence-corrected chi connectivity index (χ1v) is 10.2. The lowest BCUT2D eigenvalue weighted by Crippen LogP contribution is -2.40. The van der Waals surface area contributed by atoms with Gasteiger partial charge < -0.3 is 20.1 Å². The van der Waals surface area contributed by atoms with Gasteiger partial charge in [-0.05, 0) is 48.4 Å². The Kier molecular flexibility index (Phi) is 7.75. The zero-order valence-corrected chi connectivity index (χ0v) is 18.0. The van der Waals surface area contributed by atoms with Gasteiger partial charge in [-0.1, -0.05) is 60.7 Å². The number of hydrogen-bond donors (Lipinski definition) is 2. The molecule has 0 unspecified atom stereocenters. The molecule has 30 heavy (non-hydrogen) atoms. The van der Waals surface area contributed by atoms with Crippen molar-refractivity contribution in [2.75, 3.05) is 25.0 Å². The molecule has 5 heteroatoms. The van der Waals surface area contributed by atoms with E-state index in [1.165, 1.54) is 11.3 Å². The lowest BCUT2D eigenvalue weighted by molar-refractivity contribution is 0.141. The third kappa shape index (κ3) is 4.96. The Morgan fingerprint density at radius 1 is 1.00 bits per heavy atom. The largest absolute Gasteiger partial charge is 0.489 e. The Labute approximate surface area is 184 Å². The third-order valence-electron chi connectivity index (χ3n) is 5.49. The van der Waals surface area contributed by atoms with Crippen LogP contribution in [0.5, 0.6) is 5.75 Å². The molecule has 0 fully saturated rings. The molecule has 3 aromatic rings. The van der Waals surface area contributed by atoms with Crippen LogP contribution in [0.2, 0.25) is 0 Å². The van der Waals surface area contributed by atoms with E-state index in [1.807, 2.05) is 49.5 Å². The van der Waals surface area contributed by atoms with E-state index >= 15 is 0 Å². The summed E-state index contributed by atoms with van der Waals surface area (Å²) in [6, 6.07) is 26.7. The molecule has 0 spiro atoms. The van der Waals surface area contributed by atoms with Crippen molar-refractivity contribution in [3.63, 3.8) is 0 Å². The zero-order chi connectivity index (χ0) is 20.1. The smallest absolute Gasteiger partial charge is 0.120 e. The van der Waals surface area contributed by atoms with Gasteiger partial charge in [0.2, 0.25) is 0 Å². The number of fused-ring (bicyclic) bond motifs is 1. The van der Waals surface area contributed by atoms with Gasteiger partial charge in [0.05, 0.1) is 12.1 Å². The Hall–Kier alpha value is -2.53. The molecule has 158 valence electrons. The maximum absolute atomic E-state index is 10.9. The minimum Gasteiger partial charge on any atom is -0.489 e. The van der Waals surface area contributed by atoms with Crippen molar-refractivity contribution < 1.29 is 9.84 Å². The van der Waals surface area contributed by atoms with Gasteiger partial charge in [0.25, 0.3) is 0 Å². The van der Waals surface area contributed by atoms with Crippen molar-refractivity contribution in [1.29, 1.82) is 0 Å². The average Bonchev–Trinajstić information content (AvgIpc) is 3.17. The van der Waals surface area contributed by atoms with Crippen LogP contribution in [-0.4, -0.2) is 31.3 Å². The second-order valence-electron chi connectivity index (χ2n) is 7.49. The summed E-state index contributed by atoms with van der Waals surface area (Å²) in [4.78, 5) is 2.33. The standard InChI is InChI=1S/C25H28N2O2.ClH/c1-26-17-24(28)25(20-10-6-3-7-11-20)27-15-14-21-16-22(12-13-23(21)27)29-18-19-8-4-2-5-9-19;/h2-13,16,24-26,28H,14-15,17-18H2,1H3;1H/t24-,25+;/m1./s1. The van der Waals surface area contributed by atoms with Crippen LogP contribution in [0.15, 0.2) is 78.9 Å². The Bertz CT molecular complexity index is 921. The highest BCUT2D eigenvalue weighted by atomic mass is 35.5. The van der Waals surface area contributed by atoms with Crippen molar-refractivity contribution >= 4 is 18.1 Å². The minimum absolute atomic E-state index is 0. The molecular weight excluding hydrogens is 396 g/mol.